The summed E-state index contributed by atoms with van der Waals surface area (Å²) in [5.74, 6) is -8.28. The van der Waals surface area contributed by atoms with Crippen molar-refractivity contribution in [3.05, 3.63) is 81.3 Å². The summed E-state index contributed by atoms with van der Waals surface area (Å²) in [6, 6.07) is 10.1. The molecular weight excluding hydrogens is 1490 g/mol. The second-order valence-electron chi connectivity index (χ2n) is 29.3. The maximum absolute atomic E-state index is 15.0. The summed E-state index contributed by atoms with van der Waals surface area (Å²) < 4.78 is 16.9. The highest BCUT2D eigenvalue weighted by molar-refractivity contribution is 8.76. The number of rotatable bonds is 54. The van der Waals surface area contributed by atoms with Crippen LogP contribution in [0, 0.1) is 29.6 Å². The molecule has 1 fully saturated rings. The Morgan fingerprint density at radius 2 is 1.34 bits per heavy atom. The number of ketones is 4. The molecule has 28 nitrogen and oxygen atoms in total. The van der Waals surface area contributed by atoms with Crippen LogP contribution in [0.2, 0.25) is 0 Å². The van der Waals surface area contributed by atoms with Crippen molar-refractivity contribution in [2.24, 2.45) is 29.6 Å². The molecule has 0 saturated carbocycles. The van der Waals surface area contributed by atoms with E-state index in [0.717, 1.165) is 73.1 Å². The fourth-order valence-electron chi connectivity index (χ4n) is 12.7. The van der Waals surface area contributed by atoms with Crippen LogP contribution in [0.25, 0.3) is 0 Å². The van der Waals surface area contributed by atoms with Crippen LogP contribution in [0.4, 0.5) is 4.79 Å². The lowest BCUT2D eigenvalue weighted by molar-refractivity contribution is -0.160. The van der Waals surface area contributed by atoms with Gasteiger partial charge in [0.05, 0.1) is 18.0 Å². The third kappa shape index (κ3) is 36.8. The number of carbonyl (C=O) groups excluding carboxylic acids is 12. The number of aliphatic carboxylic acids is 2. The zero-order chi connectivity index (χ0) is 82.1. The lowest BCUT2D eigenvalue weighted by atomic mass is 9.92. The number of phenolic OH excluding ortho intramolecular Hbond substituents is 1. The van der Waals surface area contributed by atoms with Gasteiger partial charge in [0.1, 0.15) is 46.4 Å². The molecular formula is C80H118N8O20S3. The van der Waals surface area contributed by atoms with E-state index in [1.165, 1.54) is 50.9 Å². The number of hydrazine groups is 1. The van der Waals surface area contributed by atoms with Gasteiger partial charge in [-0.05, 0) is 125 Å². The minimum Gasteiger partial charge on any atom is -0.508 e. The number of amides is 6. The predicted octanol–water partition coefficient (Wildman–Crippen LogP) is 11.0. The molecule has 616 valence electrons. The molecule has 10 atom stereocenters. The number of phenols is 1. The Morgan fingerprint density at radius 3 is 1.98 bits per heavy atom. The van der Waals surface area contributed by atoms with E-state index in [1.807, 2.05) is 70.8 Å². The van der Waals surface area contributed by atoms with E-state index in [2.05, 4.69) is 31.8 Å². The smallest absolute Gasteiger partial charge is 0.426 e. The van der Waals surface area contributed by atoms with Crippen LogP contribution in [0.15, 0.2) is 53.9 Å². The minimum absolute atomic E-state index is 0.00974. The Morgan fingerprint density at radius 1 is 0.685 bits per heavy atom. The van der Waals surface area contributed by atoms with Gasteiger partial charge in [-0.2, -0.15) is 0 Å². The number of likely N-dealkylation sites (tertiary alicyclic amines) is 1. The molecule has 0 bridgehead atoms. The van der Waals surface area contributed by atoms with Gasteiger partial charge in [-0.15, -0.1) is 11.3 Å². The number of nitrogens with zero attached hydrogens (tertiary/aromatic N) is 3. The molecule has 0 radical (unpaired) electrons. The van der Waals surface area contributed by atoms with Crippen LogP contribution in [-0.2, 0) is 91.0 Å². The minimum atomic E-state index is -1.17. The number of piperidine rings is 1. The normalized spacial score (nSPS) is 15.3. The molecule has 1 saturated heterocycles. The average Bonchev–Trinajstić information content (AvgIpc) is 1.74. The maximum Gasteiger partial charge on any atom is 0.426 e. The molecule has 2 aromatic carbocycles. The van der Waals surface area contributed by atoms with Crippen molar-refractivity contribution in [3.8, 4) is 5.75 Å². The standard InChI is InChI=1S/C80H118N8O20S3/c1-11-21-71(97)107-49-88(78(102)72(51(5)12-2)84-76(101)66-24-18-19-38-87(66)10)67(50(3)4)47-69(108-55(9)89)77-83-65(48-109-77)75(100)82-60(44-57-31-35-62(91)36-32-57)42-52(6)74(99)85-86-80(105)106-39-41-111-110-40-20-25-68(94)54(8)81-73(98)53(7)43-64(93)45-58-28-26-56(27-29-58)30-34-61(90)22-16-14-13-15-17-23-63(92)46-59(79(103)104)33-37-70(95)96/h26-29,31-32,35-36,48,50-54,59-60,66-67,69,72,91H,11-25,30,33-34,37-47,49H2,1-10H3,(H,81,98)(H,82,100)(H,84,101)(H,85,99)(H,86,105)(H,95,96)(H,103,104)/t51?,52-,53+,54-,59-,60+,66+,67+,69+,72-/m0/s1. The summed E-state index contributed by atoms with van der Waals surface area (Å²) in [5, 5.41) is 38.6. The van der Waals surface area contributed by atoms with Crippen molar-refractivity contribution < 1.29 is 96.7 Å². The van der Waals surface area contributed by atoms with E-state index in [9.17, 15) is 77.3 Å². The average molecular weight is 1610 g/mol. The van der Waals surface area contributed by atoms with Gasteiger partial charge in [-0.25, -0.2) is 15.2 Å². The quantitative estimate of drug-likeness (QED) is 0.00650. The number of carboxylic acid groups (broad SMARTS) is 2. The molecule has 0 spiro atoms. The number of thiazole rings is 1. The first-order chi connectivity index (χ1) is 52.8. The Bertz CT molecular complexity index is 3520. The largest absolute Gasteiger partial charge is 0.508 e. The fraction of sp³-hybridized carbons (Fsp3) is 0.637. The molecule has 4 rings (SSSR count). The topological polar surface area (TPSA) is 407 Å². The second kappa shape index (κ2) is 51.4. The summed E-state index contributed by atoms with van der Waals surface area (Å²) in [4.78, 5) is 189. The number of nitrogens with one attached hydrogen (secondary N) is 5. The lowest BCUT2D eigenvalue weighted by Gasteiger charge is -2.39. The van der Waals surface area contributed by atoms with Gasteiger partial charge in [0, 0.05) is 112 Å². The number of aryl methyl sites for hydroxylation is 1. The maximum atomic E-state index is 15.0. The highest BCUT2D eigenvalue weighted by Crippen LogP contribution is 2.33. The molecule has 8 N–H and O–H groups in total. The van der Waals surface area contributed by atoms with Gasteiger partial charge in [0.15, 0.2) is 18.6 Å². The number of hydrogen-bond acceptors (Lipinski definition) is 23. The van der Waals surface area contributed by atoms with Gasteiger partial charge in [-0.1, -0.05) is 139 Å². The predicted molar refractivity (Wildman–Crippen MR) is 423 cm³/mol. The molecule has 1 unspecified atom stereocenters. The molecule has 6 amide bonds. The van der Waals surface area contributed by atoms with E-state index in [1.54, 1.807) is 32.9 Å². The summed E-state index contributed by atoms with van der Waals surface area (Å²) in [6.07, 6.45) is 7.50. The molecule has 0 aliphatic carbocycles. The van der Waals surface area contributed by atoms with Gasteiger partial charge in [0.2, 0.25) is 23.6 Å². The number of aromatic hydroxyl groups is 1. The first-order valence-corrected chi connectivity index (χ1v) is 42.2. The van der Waals surface area contributed by atoms with Crippen molar-refractivity contribution in [3.63, 3.8) is 0 Å². The molecule has 2 heterocycles. The number of hydrogen-bond donors (Lipinski definition) is 8. The summed E-state index contributed by atoms with van der Waals surface area (Å²) >= 11 is 1.06. The summed E-state index contributed by atoms with van der Waals surface area (Å²) in [7, 11) is 4.76. The Labute approximate surface area is 664 Å². The second-order valence-corrected chi connectivity index (χ2v) is 32.9. The van der Waals surface area contributed by atoms with Crippen molar-refractivity contribution in [2.45, 2.75) is 259 Å². The highest BCUT2D eigenvalue weighted by atomic mass is 33.1. The van der Waals surface area contributed by atoms with E-state index in [-0.39, 0.29) is 135 Å². The van der Waals surface area contributed by atoms with Gasteiger partial charge >= 0.3 is 30.0 Å². The van der Waals surface area contributed by atoms with Crippen LogP contribution < -0.4 is 26.8 Å². The number of esters is 2. The van der Waals surface area contributed by atoms with Crippen LogP contribution in [-0.4, -0.2) is 181 Å². The third-order valence-electron chi connectivity index (χ3n) is 19.6. The molecule has 3 aromatic rings. The lowest BCUT2D eigenvalue weighted by Crippen LogP contribution is -2.59. The summed E-state index contributed by atoms with van der Waals surface area (Å²) in [5.41, 5.74) is 7.05. The van der Waals surface area contributed by atoms with E-state index in [4.69, 9.17) is 19.3 Å². The fourth-order valence-corrected chi connectivity index (χ4v) is 15.5. The van der Waals surface area contributed by atoms with Crippen LogP contribution >= 0.6 is 32.9 Å². The first-order valence-electron chi connectivity index (χ1n) is 38.8. The molecule has 111 heavy (non-hydrogen) atoms. The van der Waals surface area contributed by atoms with Gasteiger partial charge in [-0.3, -0.25) is 72.7 Å². The number of Topliss-reactive ketones (excluding diaryl/α,β-unsaturated/α-hetero) is 4. The summed E-state index contributed by atoms with van der Waals surface area (Å²) in [6.45, 7) is 15.7. The SMILES string of the molecule is CCCC(=O)OCN(C(=O)[C@@H](NC(=O)[C@H]1CCCCN1C)C(C)CC)[C@H](C[C@@H](OC(C)=O)c1nc(C(=O)N[C@@H](Cc2ccc(O)cc2)C[C@H](C)C(=O)NNC(=O)OCCSSCCCC(=O)[C@H](C)NC(=O)[C@H](C)CC(=O)Cc2ccc(CCC(=O)CCCCCCCC(=O)C[C@H](CCC(=O)O)C(=O)O)cc2)cs1)C(C)C. The first kappa shape index (κ1) is 95.1. The van der Waals surface area contributed by atoms with Crippen LogP contribution in [0.3, 0.4) is 0 Å². The van der Waals surface area contributed by atoms with Crippen molar-refractivity contribution in [2.75, 3.05) is 38.4 Å². The number of benzene rings is 2. The number of unbranched alkanes of at least 4 members (excludes halogenated alkanes) is 4. The number of carboxylic acids is 2. The molecule has 1 aliphatic rings. The zero-order valence-electron chi connectivity index (χ0n) is 66.1. The third-order valence-corrected chi connectivity index (χ3v) is 22.9. The van der Waals surface area contributed by atoms with Gasteiger partial charge < -0.3 is 50.4 Å². The van der Waals surface area contributed by atoms with Crippen LogP contribution in [0.1, 0.15) is 242 Å². The van der Waals surface area contributed by atoms with Gasteiger partial charge in [0.25, 0.3) is 5.91 Å². The molecule has 1 aromatic heterocycles. The highest BCUT2D eigenvalue weighted by Gasteiger charge is 2.40. The van der Waals surface area contributed by atoms with E-state index in [0.29, 0.717) is 62.9 Å². The Balaban J connectivity index is 1.18. The zero-order valence-corrected chi connectivity index (χ0v) is 68.6. The Hall–Kier alpha value is -8.29. The number of likely N-dealkylation sites (N-methyl/N-ethyl adjacent to an activating group) is 1. The van der Waals surface area contributed by atoms with Crippen molar-refractivity contribution in [1.82, 2.24) is 41.6 Å². The molecule has 31 heteroatoms. The van der Waals surface area contributed by atoms with Crippen molar-refractivity contribution >= 4 is 116 Å². The van der Waals surface area contributed by atoms with Crippen LogP contribution in [0.5, 0.6) is 5.75 Å². The number of carbonyl (C=O) groups is 14. The van der Waals surface area contributed by atoms with E-state index >= 15 is 0 Å². The monoisotopic (exact) mass is 1610 g/mol. The van der Waals surface area contributed by atoms with Crippen molar-refractivity contribution in [1.29, 1.82) is 0 Å². The Kier molecular flexibility index (Phi) is 44.0. The number of aromatic nitrogens is 1. The van der Waals surface area contributed by atoms with E-state index < -0.39 is 114 Å². The number of ether oxygens (including phenoxy) is 3. The molecule has 1 aliphatic heterocycles.